The van der Waals surface area contributed by atoms with E-state index in [0.29, 0.717) is 12.2 Å². The van der Waals surface area contributed by atoms with Crippen molar-refractivity contribution < 1.29 is 4.79 Å². The Morgan fingerprint density at radius 1 is 1.43 bits per heavy atom. The summed E-state index contributed by atoms with van der Waals surface area (Å²) in [4.78, 5) is 11.8. The molecule has 1 aliphatic carbocycles. The molecule has 74 valence electrons. The van der Waals surface area contributed by atoms with Gasteiger partial charge in [0.05, 0.1) is 0 Å². The molecule has 2 heteroatoms. The molecule has 0 amide bonds. The monoisotopic (exact) mass is 206 g/mol. The average molecular weight is 206 g/mol. The van der Waals surface area contributed by atoms with E-state index in [0.717, 1.165) is 24.0 Å². The summed E-state index contributed by atoms with van der Waals surface area (Å²) < 4.78 is 0. The fraction of sp³-hybridized carbons (Fsp3) is 0.417. The summed E-state index contributed by atoms with van der Waals surface area (Å²) in [5.74, 6) is 0.322. The highest BCUT2D eigenvalue weighted by molar-refractivity contribution is 7.08. The third-order valence-electron chi connectivity index (χ3n) is 2.59. The van der Waals surface area contributed by atoms with Crippen molar-refractivity contribution in [1.82, 2.24) is 0 Å². The molecule has 1 aromatic rings. The van der Waals surface area contributed by atoms with Crippen molar-refractivity contribution in [2.45, 2.75) is 32.1 Å². The van der Waals surface area contributed by atoms with Crippen LogP contribution in [0.5, 0.6) is 0 Å². The first-order valence-corrected chi connectivity index (χ1v) is 6.04. The Bertz CT molecular complexity index is 335. The number of carbonyl (C=O) groups is 1. The fourth-order valence-corrected chi connectivity index (χ4v) is 2.45. The minimum Gasteiger partial charge on any atom is -0.294 e. The lowest BCUT2D eigenvalue weighted by Crippen LogP contribution is -2.08. The number of thiophene rings is 1. The Labute approximate surface area is 88.5 Å². The number of carbonyl (C=O) groups excluding carboxylic acids is 1. The molecule has 0 atom stereocenters. The van der Waals surface area contributed by atoms with Gasteiger partial charge >= 0.3 is 0 Å². The number of allylic oxidation sites excluding steroid dienone is 2. The summed E-state index contributed by atoms with van der Waals surface area (Å²) in [5, 5.41) is 4.08. The smallest absolute Gasteiger partial charge is 0.162 e. The molecule has 0 saturated heterocycles. The minimum atomic E-state index is 0.322. The van der Waals surface area contributed by atoms with E-state index in [2.05, 4.69) is 11.5 Å². The molecule has 0 bridgehead atoms. The predicted molar refractivity (Wildman–Crippen MR) is 59.6 cm³/mol. The molecule has 1 heterocycles. The standard InChI is InChI=1S/C12H14OS/c13-12(8-10-6-7-14-9-10)11-4-2-1-3-5-11/h4,6-7,9H,1-3,5,8H2. The lowest BCUT2D eigenvalue weighted by molar-refractivity contribution is -0.115. The number of hydrogen-bond donors (Lipinski definition) is 0. The molecule has 1 aromatic heterocycles. The lowest BCUT2D eigenvalue weighted by atomic mass is 9.94. The van der Waals surface area contributed by atoms with Crippen LogP contribution in [0.4, 0.5) is 0 Å². The molecule has 0 N–H and O–H groups in total. The van der Waals surface area contributed by atoms with Crippen LogP contribution >= 0.6 is 11.3 Å². The zero-order chi connectivity index (χ0) is 9.80. The highest BCUT2D eigenvalue weighted by Gasteiger charge is 2.12. The quantitative estimate of drug-likeness (QED) is 0.741. The second-order valence-electron chi connectivity index (χ2n) is 3.71. The van der Waals surface area contributed by atoms with Gasteiger partial charge in [0, 0.05) is 6.42 Å². The summed E-state index contributed by atoms with van der Waals surface area (Å²) in [6, 6.07) is 2.03. The van der Waals surface area contributed by atoms with Crippen LogP contribution in [-0.2, 0) is 11.2 Å². The molecule has 0 fully saturated rings. The average Bonchev–Trinajstić information content (AvgIpc) is 2.72. The number of Topliss-reactive ketones (excluding diaryl/α,β-unsaturated/α-hetero) is 1. The third kappa shape index (κ3) is 2.32. The summed E-state index contributed by atoms with van der Waals surface area (Å²) in [6.07, 6.45) is 7.22. The van der Waals surface area contributed by atoms with Gasteiger partial charge in [-0.05, 0) is 53.6 Å². The van der Waals surface area contributed by atoms with Crippen molar-refractivity contribution in [1.29, 1.82) is 0 Å². The van der Waals surface area contributed by atoms with Gasteiger partial charge in [-0.15, -0.1) is 0 Å². The summed E-state index contributed by atoms with van der Waals surface area (Å²) >= 11 is 1.66. The van der Waals surface area contributed by atoms with Crippen molar-refractivity contribution in [2.24, 2.45) is 0 Å². The van der Waals surface area contributed by atoms with E-state index in [1.165, 1.54) is 12.8 Å². The Balaban J connectivity index is 1.98. The molecule has 0 saturated carbocycles. The first kappa shape index (κ1) is 9.66. The molecule has 1 aliphatic rings. The van der Waals surface area contributed by atoms with Gasteiger partial charge in [0.1, 0.15) is 0 Å². The van der Waals surface area contributed by atoms with Gasteiger partial charge in [-0.2, -0.15) is 11.3 Å². The predicted octanol–water partition coefficient (Wildman–Crippen LogP) is 3.36. The van der Waals surface area contributed by atoms with Crippen LogP contribution in [0.15, 0.2) is 28.5 Å². The second-order valence-corrected chi connectivity index (χ2v) is 4.49. The van der Waals surface area contributed by atoms with Crippen LogP contribution in [-0.4, -0.2) is 5.78 Å². The molecule has 1 nitrogen and oxygen atoms in total. The van der Waals surface area contributed by atoms with Crippen LogP contribution in [0.2, 0.25) is 0 Å². The van der Waals surface area contributed by atoms with E-state index in [1.807, 2.05) is 11.4 Å². The van der Waals surface area contributed by atoms with Crippen LogP contribution in [0.3, 0.4) is 0 Å². The zero-order valence-electron chi connectivity index (χ0n) is 8.16. The highest BCUT2D eigenvalue weighted by atomic mass is 32.1. The topological polar surface area (TPSA) is 17.1 Å². The van der Waals surface area contributed by atoms with Crippen molar-refractivity contribution in [3.05, 3.63) is 34.0 Å². The van der Waals surface area contributed by atoms with Crippen LogP contribution < -0.4 is 0 Å². The van der Waals surface area contributed by atoms with Gasteiger partial charge in [-0.25, -0.2) is 0 Å². The van der Waals surface area contributed by atoms with Crippen LogP contribution in [0.1, 0.15) is 31.2 Å². The molecule has 0 spiro atoms. The van der Waals surface area contributed by atoms with E-state index in [9.17, 15) is 4.79 Å². The lowest BCUT2D eigenvalue weighted by Gasteiger charge is -2.10. The zero-order valence-corrected chi connectivity index (χ0v) is 8.98. The van der Waals surface area contributed by atoms with Gasteiger partial charge in [0.15, 0.2) is 5.78 Å². The largest absolute Gasteiger partial charge is 0.294 e. The highest BCUT2D eigenvalue weighted by Crippen LogP contribution is 2.20. The number of ketones is 1. The van der Waals surface area contributed by atoms with E-state index >= 15 is 0 Å². The first-order chi connectivity index (χ1) is 6.86. The normalized spacial score (nSPS) is 16.4. The van der Waals surface area contributed by atoms with Crippen molar-refractivity contribution in [3.63, 3.8) is 0 Å². The summed E-state index contributed by atoms with van der Waals surface area (Å²) in [6.45, 7) is 0. The molecule has 0 unspecified atom stereocenters. The molecule has 0 radical (unpaired) electrons. The van der Waals surface area contributed by atoms with E-state index in [-0.39, 0.29) is 0 Å². The Morgan fingerprint density at radius 3 is 3.00 bits per heavy atom. The SMILES string of the molecule is O=C(Cc1ccsc1)C1=CCCCC1. The summed E-state index contributed by atoms with van der Waals surface area (Å²) in [5.41, 5.74) is 2.22. The maximum atomic E-state index is 11.8. The van der Waals surface area contributed by atoms with Crippen molar-refractivity contribution >= 4 is 17.1 Å². The van der Waals surface area contributed by atoms with Gasteiger partial charge in [0.25, 0.3) is 0 Å². The van der Waals surface area contributed by atoms with Crippen LogP contribution in [0, 0.1) is 0 Å². The molecule has 2 rings (SSSR count). The molecule has 0 aliphatic heterocycles. The van der Waals surface area contributed by atoms with Crippen molar-refractivity contribution in [2.75, 3.05) is 0 Å². The van der Waals surface area contributed by atoms with Gasteiger partial charge in [-0.1, -0.05) is 6.08 Å². The first-order valence-electron chi connectivity index (χ1n) is 5.09. The fourth-order valence-electron chi connectivity index (χ4n) is 1.78. The Kier molecular flexibility index (Phi) is 3.14. The van der Waals surface area contributed by atoms with Gasteiger partial charge < -0.3 is 0 Å². The molecule has 0 aromatic carbocycles. The maximum absolute atomic E-state index is 11.8. The van der Waals surface area contributed by atoms with E-state index in [4.69, 9.17) is 0 Å². The Hall–Kier alpha value is -0.890. The maximum Gasteiger partial charge on any atom is 0.162 e. The van der Waals surface area contributed by atoms with Crippen molar-refractivity contribution in [3.8, 4) is 0 Å². The molecule has 14 heavy (non-hydrogen) atoms. The van der Waals surface area contributed by atoms with Gasteiger partial charge in [0.2, 0.25) is 0 Å². The Morgan fingerprint density at radius 2 is 2.36 bits per heavy atom. The van der Waals surface area contributed by atoms with E-state index in [1.54, 1.807) is 11.3 Å². The molecular weight excluding hydrogens is 192 g/mol. The summed E-state index contributed by atoms with van der Waals surface area (Å²) in [7, 11) is 0. The minimum absolute atomic E-state index is 0.322. The van der Waals surface area contributed by atoms with E-state index < -0.39 is 0 Å². The third-order valence-corrected chi connectivity index (χ3v) is 3.33. The molecular formula is C12H14OS. The number of hydrogen-bond acceptors (Lipinski definition) is 2. The number of rotatable bonds is 3. The van der Waals surface area contributed by atoms with Crippen LogP contribution in [0.25, 0.3) is 0 Å². The second kappa shape index (κ2) is 4.56. The van der Waals surface area contributed by atoms with Gasteiger partial charge in [-0.3, -0.25) is 4.79 Å².